The predicted molar refractivity (Wildman–Crippen MR) is 94.2 cm³/mol. The van der Waals surface area contributed by atoms with Crippen LogP contribution in [-0.4, -0.2) is 43.2 Å². The maximum absolute atomic E-state index is 12.0. The molecular weight excluding hydrogens is 302 g/mol. The van der Waals surface area contributed by atoms with Crippen LogP contribution in [0.15, 0.2) is 36.4 Å². The predicted octanol–water partition coefficient (Wildman–Crippen LogP) is 1.43. The van der Waals surface area contributed by atoms with Gasteiger partial charge >= 0.3 is 0 Å². The Morgan fingerprint density at radius 3 is 2.54 bits per heavy atom. The second-order valence-electron chi connectivity index (χ2n) is 6.73. The smallest absolute Gasteiger partial charge is 0.220 e. The van der Waals surface area contributed by atoms with Crippen LogP contribution in [0.5, 0.6) is 0 Å². The summed E-state index contributed by atoms with van der Waals surface area (Å²) < 4.78 is 5.37. The number of nitrogens with two attached hydrogens (primary N) is 1. The molecule has 0 saturated carbocycles. The van der Waals surface area contributed by atoms with Crippen LogP contribution in [0, 0.1) is 5.92 Å². The molecule has 0 bridgehead atoms. The van der Waals surface area contributed by atoms with Crippen molar-refractivity contribution in [2.75, 3.05) is 26.3 Å². The Morgan fingerprint density at radius 2 is 1.88 bits per heavy atom. The van der Waals surface area contributed by atoms with Gasteiger partial charge in [-0.2, -0.15) is 0 Å². The molecule has 2 atom stereocenters. The van der Waals surface area contributed by atoms with Crippen molar-refractivity contribution in [3.8, 4) is 0 Å². The Hall–Kier alpha value is -1.69. The number of hydrogen-bond acceptors (Lipinski definition) is 4. The van der Waals surface area contributed by atoms with Crippen molar-refractivity contribution in [3.05, 3.63) is 47.5 Å². The molecule has 1 aromatic rings. The minimum atomic E-state index is 0.0937. The van der Waals surface area contributed by atoms with Gasteiger partial charge in [-0.25, -0.2) is 0 Å². The maximum Gasteiger partial charge on any atom is 0.220 e. The lowest BCUT2D eigenvalue weighted by Gasteiger charge is -2.26. The molecule has 3 rings (SSSR count). The number of carbonyl (C=O) groups excluding carboxylic acids is 1. The quantitative estimate of drug-likeness (QED) is 0.775. The van der Waals surface area contributed by atoms with E-state index in [4.69, 9.17) is 10.5 Å². The summed E-state index contributed by atoms with van der Waals surface area (Å²) in [6.07, 6.45) is 5.46. The van der Waals surface area contributed by atoms with E-state index in [-0.39, 0.29) is 17.9 Å². The highest BCUT2D eigenvalue weighted by atomic mass is 16.5. The van der Waals surface area contributed by atoms with Gasteiger partial charge in [-0.1, -0.05) is 36.4 Å². The average molecular weight is 329 g/mol. The first-order chi connectivity index (χ1) is 11.7. The van der Waals surface area contributed by atoms with Crippen LogP contribution < -0.4 is 11.1 Å². The number of nitrogens with one attached hydrogen (secondary N) is 1. The van der Waals surface area contributed by atoms with Gasteiger partial charge in [0.1, 0.15) is 0 Å². The molecule has 1 amide bonds. The average Bonchev–Trinajstić information content (AvgIpc) is 3.00. The van der Waals surface area contributed by atoms with Crippen molar-refractivity contribution in [1.82, 2.24) is 10.2 Å². The SMILES string of the molecule is N[C@H]1C=C[C@@H](CC(=O)NCc2ccc(CN3CCOCC3)cc2)C1. The van der Waals surface area contributed by atoms with E-state index in [1.807, 2.05) is 6.08 Å². The van der Waals surface area contributed by atoms with Gasteiger partial charge in [-0.05, 0) is 23.5 Å². The molecule has 0 aromatic heterocycles. The van der Waals surface area contributed by atoms with Gasteiger partial charge in [0, 0.05) is 38.6 Å². The molecule has 1 heterocycles. The Bertz CT molecular complexity index is 564. The number of allylic oxidation sites excluding steroid dienone is 1. The lowest BCUT2D eigenvalue weighted by molar-refractivity contribution is -0.121. The van der Waals surface area contributed by atoms with Gasteiger partial charge < -0.3 is 15.8 Å². The van der Waals surface area contributed by atoms with Crippen LogP contribution in [0.3, 0.4) is 0 Å². The fourth-order valence-corrected chi connectivity index (χ4v) is 3.25. The van der Waals surface area contributed by atoms with Crippen LogP contribution in [0.4, 0.5) is 0 Å². The molecule has 2 aliphatic rings. The Labute approximate surface area is 143 Å². The van der Waals surface area contributed by atoms with Crippen LogP contribution in [0.2, 0.25) is 0 Å². The number of hydrogen-bond donors (Lipinski definition) is 2. The fraction of sp³-hybridized carbons (Fsp3) is 0.526. The number of amides is 1. The van der Waals surface area contributed by atoms with Crippen LogP contribution >= 0.6 is 0 Å². The molecule has 24 heavy (non-hydrogen) atoms. The number of carbonyl (C=O) groups is 1. The molecule has 5 nitrogen and oxygen atoms in total. The molecule has 0 unspecified atom stereocenters. The zero-order valence-electron chi connectivity index (χ0n) is 14.1. The topological polar surface area (TPSA) is 67.6 Å². The Morgan fingerprint density at radius 1 is 1.17 bits per heavy atom. The van der Waals surface area contributed by atoms with Crippen LogP contribution in [0.1, 0.15) is 24.0 Å². The van der Waals surface area contributed by atoms with Crippen molar-refractivity contribution in [2.24, 2.45) is 11.7 Å². The summed E-state index contributed by atoms with van der Waals surface area (Å²) in [5, 5.41) is 3.00. The number of nitrogens with zero attached hydrogens (tertiary/aromatic N) is 1. The molecule has 3 N–H and O–H groups in total. The van der Waals surface area contributed by atoms with E-state index in [0.717, 1.165) is 44.8 Å². The molecule has 1 aromatic carbocycles. The van der Waals surface area contributed by atoms with E-state index in [1.165, 1.54) is 5.56 Å². The summed E-state index contributed by atoms with van der Waals surface area (Å²) >= 11 is 0. The third kappa shape index (κ3) is 5.16. The molecule has 0 radical (unpaired) electrons. The summed E-state index contributed by atoms with van der Waals surface area (Å²) in [5.41, 5.74) is 8.25. The standard InChI is InChI=1S/C19H27N3O2/c20-18-6-5-17(11-18)12-19(23)21-13-15-1-3-16(4-2-15)14-22-7-9-24-10-8-22/h1-6,17-18H,7-14,20H2,(H,21,23)/t17-,18+/m1/s1. The largest absolute Gasteiger partial charge is 0.379 e. The first kappa shape index (κ1) is 17.1. The minimum Gasteiger partial charge on any atom is -0.379 e. The Kier molecular flexibility index (Phi) is 6.01. The lowest BCUT2D eigenvalue weighted by atomic mass is 10.0. The van der Waals surface area contributed by atoms with E-state index in [2.05, 4.69) is 40.6 Å². The second kappa shape index (κ2) is 8.42. The molecule has 5 heteroatoms. The highest BCUT2D eigenvalue weighted by Crippen LogP contribution is 2.19. The number of rotatable bonds is 6. The van der Waals surface area contributed by atoms with Crippen molar-refractivity contribution in [1.29, 1.82) is 0 Å². The minimum absolute atomic E-state index is 0.0937. The molecule has 0 spiro atoms. The maximum atomic E-state index is 12.0. The molecule has 130 valence electrons. The Balaban J connectivity index is 1.40. The van der Waals surface area contributed by atoms with Crippen molar-refractivity contribution in [2.45, 2.75) is 32.0 Å². The number of benzene rings is 1. The third-order valence-electron chi connectivity index (χ3n) is 4.68. The lowest BCUT2D eigenvalue weighted by Crippen LogP contribution is -2.35. The summed E-state index contributed by atoms with van der Waals surface area (Å²) in [5.74, 6) is 0.382. The van der Waals surface area contributed by atoms with Crippen molar-refractivity contribution >= 4 is 5.91 Å². The summed E-state index contributed by atoms with van der Waals surface area (Å²) in [6.45, 7) is 5.19. The van der Waals surface area contributed by atoms with E-state index >= 15 is 0 Å². The summed E-state index contributed by atoms with van der Waals surface area (Å²) in [7, 11) is 0. The van der Waals surface area contributed by atoms with Gasteiger partial charge in [-0.15, -0.1) is 0 Å². The molecule has 1 aliphatic carbocycles. The van der Waals surface area contributed by atoms with Gasteiger partial charge in [0.15, 0.2) is 0 Å². The first-order valence-electron chi connectivity index (χ1n) is 8.77. The molecule has 1 fully saturated rings. The van der Waals surface area contributed by atoms with Gasteiger partial charge in [0.2, 0.25) is 5.91 Å². The van der Waals surface area contributed by atoms with E-state index in [0.29, 0.717) is 13.0 Å². The second-order valence-corrected chi connectivity index (χ2v) is 6.73. The van der Waals surface area contributed by atoms with Gasteiger partial charge in [-0.3, -0.25) is 9.69 Å². The fourth-order valence-electron chi connectivity index (χ4n) is 3.25. The van der Waals surface area contributed by atoms with Gasteiger partial charge in [0.05, 0.1) is 13.2 Å². The molecule has 1 saturated heterocycles. The van der Waals surface area contributed by atoms with Gasteiger partial charge in [0.25, 0.3) is 0 Å². The van der Waals surface area contributed by atoms with Crippen molar-refractivity contribution < 1.29 is 9.53 Å². The number of morpholine rings is 1. The first-order valence-corrected chi connectivity index (χ1v) is 8.77. The monoisotopic (exact) mass is 329 g/mol. The molecular formula is C19H27N3O2. The van der Waals surface area contributed by atoms with Crippen molar-refractivity contribution in [3.63, 3.8) is 0 Å². The van der Waals surface area contributed by atoms with E-state index < -0.39 is 0 Å². The normalized spacial score (nSPS) is 24.2. The van der Waals surface area contributed by atoms with E-state index in [1.54, 1.807) is 0 Å². The highest BCUT2D eigenvalue weighted by Gasteiger charge is 2.18. The zero-order valence-corrected chi connectivity index (χ0v) is 14.1. The molecule has 1 aliphatic heterocycles. The van der Waals surface area contributed by atoms with E-state index in [9.17, 15) is 4.79 Å². The zero-order chi connectivity index (χ0) is 16.8. The highest BCUT2D eigenvalue weighted by molar-refractivity contribution is 5.76. The van der Waals surface area contributed by atoms with Crippen LogP contribution in [-0.2, 0) is 22.6 Å². The summed E-state index contributed by atoms with van der Waals surface area (Å²) in [4.78, 5) is 14.4. The van der Waals surface area contributed by atoms with Crippen LogP contribution in [0.25, 0.3) is 0 Å². The third-order valence-corrected chi connectivity index (χ3v) is 4.68. The summed E-state index contributed by atoms with van der Waals surface area (Å²) in [6, 6.07) is 8.61. The number of ether oxygens (including phenoxy) is 1.